The van der Waals surface area contributed by atoms with Gasteiger partial charge in [0.1, 0.15) is 0 Å². The Balaban J connectivity index is -0.0000000800. The Morgan fingerprint density at radius 3 is 1.86 bits per heavy atom. The first-order valence-electron chi connectivity index (χ1n) is 1.77. The molecule has 0 spiro atoms. The molecule has 0 atom stereocenters. The molecule has 0 aliphatic carbocycles. The van der Waals surface area contributed by atoms with Crippen LogP contribution in [0.3, 0.4) is 0 Å². The molecule has 7 heavy (non-hydrogen) atoms. The fraction of sp³-hybridized carbons (Fsp3) is 0.750. The summed E-state index contributed by atoms with van der Waals surface area (Å²) in [5, 5.41) is 0. The van der Waals surface area contributed by atoms with Crippen molar-refractivity contribution in [3.8, 4) is 0 Å². The number of hydrogen-bond acceptors (Lipinski definition) is 0. The van der Waals surface area contributed by atoms with Crippen molar-refractivity contribution in [2.75, 3.05) is 5.88 Å². The Hall–Kier alpha value is 1.20. The van der Waals surface area contributed by atoms with Crippen LogP contribution in [0.15, 0.2) is 0 Å². The molecule has 0 aromatic carbocycles. The van der Waals surface area contributed by atoms with Gasteiger partial charge in [0.15, 0.2) is 0 Å². The van der Waals surface area contributed by atoms with E-state index in [0.29, 0.717) is 0 Å². The molecule has 0 amide bonds. The maximum atomic E-state index is 5.26. The quantitative estimate of drug-likeness (QED) is 0.383. The molecule has 1 radical (unpaired) electrons. The largest absolute Gasteiger partial charge is 1.00 e. The maximum Gasteiger partial charge on any atom is 0.0223 e. The van der Waals surface area contributed by atoms with Crippen LogP contribution in [-0.2, 0) is 19.5 Å². The third-order valence-electron chi connectivity index (χ3n) is 0.384. The molecule has 0 heterocycles. The molecule has 0 nitrogen and oxygen atoms in total. The van der Waals surface area contributed by atoms with E-state index in [9.17, 15) is 0 Å². The predicted octanol–water partition coefficient (Wildman–Crippen LogP) is -1.16. The van der Waals surface area contributed by atoms with Crippen LogP contribution in [0.1, 0.15) is 12.8 Å². The Morgan fingerprint density at radius 2 is 1.86 bits per heavy atom. The molecule has 0 aromatic rings. The molecule has 0 aliphatic rings. The SMILES string of the molecule is [CH2]CCCCl.[Cl-].[Zn]. The Labute approximate surface area is 69.2 Å². The Bertz CT molecular complexity index is 17.2. The molecule has 0 bridgehead atoms. The summed E-state index contributed by atoms with van der Waals surface area (Å²) in [5.74, 6) is 0.753. The molecular weight excluding hydrogens is 184 g/mol. The first kappa shape index (κ1) is 15.7. The van der Waals surface area contributed by atoms with E-state index in [1.807, 2.05) is 0 Å². The average molecular weight is 192 g/mol. The van der Waals surface area contributed by atoms with Crippen LogP contribution in [0, 0.1) is 6.92 Å². The summed E-state index contributed by atoms with van der Waals surface area (Å²) in [6.45, 7) is 3.59. The number of alkyl halides is 1. The second-order valence-electron chi connectivity index (χ2n) is 0.896. The fourth-order valence-electron chi connectivity index (χ4n) is 0.0945. The van der Waals surface area contributed by atoms with Crippen LogP contribution >= 0.6 is 11.6 Å². The van der Waals surface area contributed by atoms with Crippen molar-refractivity contribution in [1.29, 1.82) is 0 Å². The van der Waals surface area contributed by atoms with Crippen LogP contribution in [0.4, 0.5) is 0 Å². The summed E-state index contributed by atoms with van der Waals surface area (Å²) in [6, 6.07) is 0. The number of rotatable bonds is 2. The second kappa shape index (κ2) is 15.7. The van der Waals surface area contributed by atoms with Crippen LogP contribution in [0.25, 0.3) is 0 Å². The van der Waals surface area contributed by atoms with E-state index in [1.54, 1.807) is 0 Å². The normalized spacial score (nSPS) is 6.00. The van der Waals surface area contributed by atoms with Gasteiger partial charge in [-0.25, -0.2) is 0 Å². The number of halogens is 2. The number of hydrogen-bond donors (Lipinski definition) is 0. The molecule has 0 N–H and O–H groups in total. The van der Waals surface area contributed by atoms with E-state index in [1.165, 1.54) is 0 Å². The van der Waals surface area contributed by atoms with Crippen molar-refractivity contribution < 1.29 is 31.9 Å². The zero-order valence-electron chi connectivity index (χ0n) is 4.29. The van der Waals surface area contributed by atoms with Crippen molar-refractivity contribution in [2.45, 2.75) is 12.8 Å². The van der Waals surface area contributed by atoms with Crippen LogP contribution in [0.2, 0.25) is 0 Å². The first-order chi connectivity index (χ1) is 2.41. The summed E-state index contributed by atoms with van der Waals surface area (Å²) < 4.78 is 0. The first-order valence-corrected chi connectivity index (χ1v) is 2.30. The van der Waals surface area contributed by atoms with Crippen molar-refractivity contribution in [2.24, 2.45) is 0 Å². The molecule has 0 aromatic heterocycles. The summed E-state index contributed by atoms with van der Waals surface area (Å²) in [5.41, 5.74) is 0. The standard InChI is InChI=1S/C4H8Cl.ClH.Zn/c1-2-3-4-5;;/h1-4H2;1H;/p-1. The van der Waals surface area contributed by atoms with E-state index in [2.05, 4.69) is 6.92 Å². The summed E-state index contributed by atoms with van der Waals surface area (Å²) >= 11 is 5.26. The predicted molar refractivity (Wildman–Crippen MR) is 25.3 cm³/mol. The molecular formula is C4H8Cl2Zn-. The van der Waals surface area contributed by atoms with Crippen molar-refractivity contribution >= 4 is 11.6 Å². The molecule has 0 unspecified atom stereocenters. The van der Waals surface area contributed by atoms with Crippen molar-refractivity contribution in [3.63, 3.8) is 0 Å². The van der Waals surface area contributed by atoms with Crippen LogP contribution in [-0.4, -0.2) is 5.88 Å². The van der Waals surface area contributed by atoms with Gasteiger partial charge in [0.05, 0.1) is 0 Å². The minimum Gasteiger partial charge on any atom is -1.00 e. The van der Waals surface area contributed by atoms with E-state index in [4.69, 9.17) is 11.6 Å². The van der Waals surface area contributed by atoms with Gasteiger partial charge in [-0.3, -0.25) is 0 Å². The zero-order chi connectivity index (χ0) is 4.12. The average Bonchev–Trinajstić information content (AvgIpc) is 1.41. The zero-order valence-corrected chi connectivity index (χ0v) is 8.77. The van der Waals surface area contributed by atoms with Gasteiger partial charge < -0.3 is 12.4 Å². The van der Waals surface area contributed by atoms with Gasteiger partial charge in [-0.1, -0.05) is 13.3 Å². The minimum atomic E-state index is 0. The third-order valence-corrected chi connectivity index (χ3v) is 0.651. The third kappa shape index (κ3) is 19.0. The van der Waals surface area contributed by atoms with E-state index in [-0.39, 0.29) is 31.9 Å². The van der Waals surface area contributed by atoms with Gasteiger partial charge in [-0.05, 0) is 6.42 Å². The van der Waals surface area contributed by atoms with E-state index < -0.39 is 0 Å². The molecule has 0 saturated carbocycles. The summed E-state index contributed by atoms with van der Waals surface area (Å²) in [4.78, 5) is 0. The topological polar surface area (TPSA) is 0 Å². The van der Waals surface area contributed by atoms with Gasteiger partial charge in [-0.15, -0.1) is 11.6 Å². The summed E-state index contributed by atoms with van der Waals surface area (Å²) in [7, 11) is 0. The van der Waals surface area contributed by atoms with Crippen LogP contribution in [0.5, 0.6) is 0 Å². The van der Waals surface area contributed by atoms with Crippen molar-refractivity contribution in [1.82, 2.24) is 0 Å². The van der Waals surface area contributed by atoms with E-state index >= 15 is 0 Å². The van der Waals surface area contributed by atoms with Gasteiger partial charge in [0.2, 0.25) is 0 Å². The maximum absolute atomic E-state index is 5.26. The number of unbranched alkanes of at least 4 members (excludes halogenated alkanes) is 1. The molecule has 0 saturated heterocycles. The van der Waals surface area contributed by atoms with Crippen molar-refractivity contribution in [3.05, 3.63) is 6.92 Å². The molecule has 3 heteroatoms. The van der Waals surface area contributed by atoms with E-state index in [0.717, 1.165) is 18.7 Å². The smallest absolute Gasteiger partial charge is 0.0223 e. The second-order valence-corrected chi connectivity index (χ2v) is 1.27. The molecule has 0 rings (SSSR count). The van der Waals surface area contributed by atoms with Gasteiger partial charge in [0, 0.05) is 25.4 Å². The molecule has 0 aliphatic heterocycles. The van der Waals surface area contributed by atoms with Crippen LogP contribution < -0.4 is 12.4 Å². The van der Waals surface area contributed by atoms with Gasteiger partial charge in [0.25, 0.3) is 0 Å². The molecule has 41 valence electrons. The summed E-state index contributed by atoms with van der Waals surface area (Å²) in [6.07, 6.45) is 2.01. The van der Waals surface area contributed by atoms with Gasteiger partial charge >= 0.3 is 0 Å². The monoisotopic (exact) mass is 190 g/mol. The minimum absolute atomic E-state index is 0. The van der Waals surface area contributed by atoms with Gasteiger partial charge in [-0.2, -0.15) is 0 Å². The molecule has 0 fully saturated rings. The fourth-order valence-corrected chi connectivity index (χ4v) is 0.283. The Kier molecular flexibility index (Phi) is 35.2. The Morgan fingerprint density at radius 1 is 1.43 bits per heavy atom.